The van der Waals surface area contributed by atoms with Crippen LogP contribution in [-0.2, 0) is 9.59 Å². The maximum atomic E-state index is 12.9. The third-order valence-corrected chi connectivity index (χ3v) is 6.08. The molecule has 24 heavy (non-hydrogen) atoms. The van der Waals surface area contributed by atoms with Gasteiger partial charge in [0.1, 0.15) is 11.7 Å². The van der Waals surface area contributed by atoms with Crippen LogP contribution in [0.3, 0.4) is 0 Å². The monoisotopic (exact) mass is 336 g/mol. The topological polar surface area (TPSA) is 89.9 Å². The van der Waals surface area contributed by atoms with Gasteiger partial charge in [-0.25, -0.2) is 0 Å². The zero-order chi connectivity index (χ0) is 17.5. The summed E-state index contributed by atoms with van der Waals surface area (Å²) in [6.45, 7) is 6.36. The van der Waals surface area contributed by atoms with Crippen LogP contribution in [0.4, 0.5) is 0 Å². The molecule has 6 fully saturated rings. The van der Waals surface area contributed by atoms with Gasteiger partial charge in [-0.15, -0.1) is 6.58 Å². The summed E-state index contributed by atoms with van der Waals surface area (Å²) in [6, 6.07) is -1.05. The molecular formula is C18H28N2O4. The van der Waals surface area contributed by atoms with Crippen LogP contribution in [0.25, 0.3) is 0 Å². The van der Waals surface area contributed by atoms with Crippen LogP contribution in [0, 0.1) is 11.8 Å². The quantitative estimate of drug-likeness (QED) is 0.619. The first kappa shape index (κ1) is 17.4. The fourth-order valence-electron chi connectivity index (χ4n) is 4.81. The van der Waals surface area contributed by atoms with E-state index in [0.717, 1.165) is 12.8 Å². The number of carbonyl (C=O) groups is 2. The van der Waals surface area contributed by atoms with Gasteiger partial charge in [-0.3, -0.25) is 9.59 Å². The number of carbonyl (C=O) groups excluding carboxylic acids is 2. The van der Waals surface area contributed by atoms with E-state index in [1.165, 1.54) is 0 Å². The van der Waals surface area contributed by atoms with Crippen LogP contribution in [-0.4, -0.2) is 57.3 Å². The van der Waals surface area contributed by atoms with Crippen LogP contribution in [0.2, 0.25) is 0 Å². The van der Waals surface area contributed by atoms with E-state index in [-0.39, 0.29) is 24.3 Å². The largest absolute Gasteiger partial charge is 0.388 e. The number of unbranched alkanes of at least 4 members (excludes halogenated alkanes) is 1. The number of hydrogen-bond acceptors (Lipinski definition) is 4. The number of rotatable bonds is 6. The molecule has 1 saturated carbocycles. The molecule has 2 amide bonds. The fraction of sp³-hybridized carbons (Fsp3) is 0.778. The Hall–Kier alpha value is -1.40. The maximum absolute atomic E-state index is 12.9. The van der Waals surface area contributed by atoms with Gasteiger partial charge >= 0.3 is 0 Å². The second-order valence-corrected chi connectivity index (χ2v) is 7.41. The van der Waals surface area contributed by atoms with E-state index in [4.69, 9.17) is 0 Å². The lowest BCUT2D eigenvalue weighted by molar-refractivity contribution is -0.205. The Kier molecular flexibility index (Phi) is 4.71. The Morgan fingerprint density at radius 3 is 2.83 bits per heavy atom. The number of nitrogens with one attached hydrogen (secondary N) is 1. The molecule has 0 radical (unpaired) electrons. The van der Waals surface area contributed by atoms with Crippen molar-refractivity contribution in [1.29, 1.82) is 0 Å². The second-order valence-electron chi connectivity index (χ2n) is 7.41. The van der Waals surface area contributed by atoms with Gasteiger partial charge in [0.15, 0.2) is 0 Å². The first-order chi connectivity index (χ1) is 11.5. The molecule has 6 heteroatoms. The number of piperidine rings is 2. The van der Waals surface area contributed by atoms with Gasteiger partial charge in [-0.2, -0.15) is 0 Å². The summed E-state index contributed by atoms with van der Waals surface area (Å²) < 4.78 is 0. The first-order valence-electron chi connectivity index (χ1n) is 9.08. The molecule has 134 valence electrons. The van der Waals surface area contributed by atoms with Crippen molar-refractivity contribution in [3.8, 4) is 0 Å². The Morgan fingerprint density at radius 2 is 2.17 bits per heavy atom. The molecule has 0 aromatic carbocycles. The minimum absolute atomic E-state index is 0.0134. The van der Waals surface area contributed by atoms with Gasteiger partial charge in [0, 0.05) is 12.6 Å². The van der Waals surface area contributed by atoms with Crippen molar-refractivity contribution in [3.05, 3.63) is 12.7 Å². The molecule has 0 spiro atoms. The first-order valence-corrected chi connectivity index (χ1v) is 9.08. The predicted octanol–water partition coefficient (Wildman–Crippen LogP) is 0.580. The Balaban J connectivity index is 2.02. The summed E-state index contributed by atoms with van der Waals surface area (Å²) in [5.41, 5.74) is -1.50. The molecule has 0 aromatic rings. The van der Waals surface area contributed by atoms with Crippen molar-refractivity contribution in [2.75, 3.05) is 6.54 Å². The van der Waals surface area contributed by atoms with Crippen molar-refractivity contribution in [1.82, 2.24) is 10.2 Å². The van der Waals surface area contributed by atoms with Gasteiger partial charge in [-0.05, 0) is 32.1 Å². The van der Waals surface area contributed by atoms with E-state index in [0.29, 0.717) is 25.8 Å². The van der Waals surface area contributed by atoms with Crippen LogP contribution in [0.15, 0.2) is 12.7 Å². The van der Waals surface area contributed by atoms with E-state index >= 15 is 0 Å². The molecule has 4 bridgehead atoms. The molecule has 5 heterocycles. The highest BCUT2D eigenvalue weighted by atomic mass is 16.3. The van der Waals surface area contributed by atoms with Gasteiger partial charge in [0.05, 0.1) is 17.9 Å². The highest BCUT2D eigenvalue weighted by Crippen LogP contribution is 2.46. The average molecular weight is 336 g/mol. The smallest absolute Gasteiger partial charge is 0.228 e. The van der Waals surface area contributed by atoms with Crippen molar-refractivity contribution in [3.63, 3.8) is 0 Å². The summed E-state index contributed by atoms with van der Waals surface area (Å²) in [4.78, 5) is 27.4. The molecular weight excluding hydrogens is 308 g/mol. The highest BCUT2D eigenvalue weighted by molar-refractivity contribution is 5.89. The minimum atomic E-state index is -1.50. The molecule has 6 aliphatic rings. The summed E-state index contributed by atoms with van der Waals surface area (Å²) in [5.74, 6) is -1.46. The van der Waals surface area contributed by atoms with E-state index in [1.54, 1.807) is 11.0 Å². The summed E-state index contributed by atoms with van der Waals surface area (Å²) in [7, 11) is 0. The lowest BCUT2D eigenvalue weighted by Gasteiger charge is -2.58. The zero-order valence-electron chi connectivity index (χ0n) is 14.3. The SMILES string of the molecule is C=CCC[C@]1(O)[C@H](O)[C@@H]2NC(=O)[C@H]1[C@H]1CC[C@@H]2C(=O)N1CCCC. The molecule has 1 aliphatic carbocycles. The molecule has 5 saturated heterocycles. The molecule has 0 aromatic heterocycles. The van der Waals surface area contributed by atoms with Crippen molar-refractivity contribution in [2.45, 2.75) is 69.2 Å². The highest BCUT2D eigenvalue weighted by Gasteiger charge is 2.63. The van der Waals surface area contributed by atoms with Crippen LogP contribution >= 0.6 is 0 Å². The molecule has 6 nitrogen and oxygen atoms in total. The Labute approximate surface area is 142 Å². The van der Waals surface area contributed by atoms with Gasteiger partial charge in [0.2, 0.25) is 11.8 Å². The van der Waals surface area contributed by atoms with E-state index in [1.807, 2.05) is 0 Å². The summed E-state index contributed by atoms with van der Waals surface area (Å²) in [5, 5.41) is 24.9. The van der Waals surface area contributed by atoms with Crippen LogP contribution < -0.4 is 5.32 Å². The van der Waals surface area contributed by atoms with Crippen molar-refractivity contribution in [2.24, 2.45) is 11.8 Å². The third-order valence-electron chi connectivity index (χ3n) is 6.08. The number of hydrogen-bond donors (Lipinski definition) is 3. The number of nitrogens with zero attached hydrogens (tertiary/aromatic N) is 1. The molecule has 5 aliphatic heterocycles. The Morgan fingerprint density at radius 1 is 1.42 bits per heavy atom. The van der Waals surface area contributed by atoms with E-state index < -0.39 is 29.6 Å². The van der Waals surface area contributed by atoms with E-state index in [9.17, 15) is 19.8 Å². The van der Waals surface area contributed by atoms with Gasteiger partial charge < -0.3 is 20.4 Å². The summed E-state index contributed by atoms with van der Waals surface area (Å²) in [6.07, 6.45) is 4.57. The van der Waals surface area contributed by atoms with Gasteiger partial charge in [0.25, 0.3) is 0 Å². The summed E-state index contributed by atoms with van der Waals surface area (Å²) >= 11 is 0. The third kappa shape index (κ3) is 2.47. The maximum Gasteiger partial charge on any atom is 0.228 e. The molecule has 0 unspecified atom stereocenters. The lowest BCUT2D eigenvalue weighted by atomic mass is 9.61. The molecule has 6 rings (SSSR count). The second kappa shape index (κ2) is 6.48. The Bertz CT molecular complexity index is 537. The predicted molar refractivity (Wildman–Crippen MR) is 88.9 cm³/mol. The van der Waals surface area contributed by atoms with Crippen LogP contribution in [0.1, 0.15) is 45.4 Å². The number of allylic oxidation sites excluding steroid dienone is 1. The molecule has 6 atom stereocenters. The minimum Gasteiger partial charge on any atom is -0.388 e. The van der Waals surface area contributed by atoms with E-state index in [2.05, 4.69) is 18.8 Å². The van der Waals surface area contributed by atoms with Gasteiger partial charge in [-0.1, -0.05) is 19.4 Å². The standard InChI is InChI=1S/C18H28N2O4/c1-3-5-9-18(24)13-12-8-7-11(14(15(18)21)19-16(13)22)17(23)20(12)10-6-4-2/h3,11-15,21,24H,1,4-10H2,2H3,(H,19,22)/t11-,12+,13+,14+,15+,18+/m0/s1. The average Bonchev–Trinajstić information content (AvgIpc) is 2.54. The molecule has 3 N–H and O–H groups in total. The van der Waals surface area contributed by atoms with Crippen LogP contribution in [0.5, 0.6) is 0 Å². The van der Waals surface area contributed by atoms with Crippen molar-refractivity contribution >= 4 is 11.8 Å². The van der Waals surface area contributed by atoms with Crippen molar-refractivity contribution < 1.29 is 19.8 Å². The fourth-order valence-corrected chi connectivity index (χ4v) is 4.81. The lowest BCUT2D eigenvalue weighted by Crippen LogP contribution is -2.78. The zero-order valence-corrected chi connectivity index (χ0v) is 14.3. The number of aliphatic hydroxyl groups excluding tert-OH is 1. The number of amides is 2. The number of aliphatic hydroxyl groups is 2. The normalized spacial score (nSPS) is 41.1.